The summed E-state index contributed by atoms with van der Waals surface area (Å²) in [6.07, 6.45) is 7.29. The van der Waals surface area contributed by atoms with Gasteiger partial charge in [-0.25, -0.2) is 9.78 Å². The van der Waals surface area contributed by atoms with E-state index in [4.69, 9.17) is 4.74 Å². The number of pyridine rings is 1. The second-order valence-corrected chi connectivity index (χ2v) is 10.2. The molecule has 0 bridgehead atoms. The fourth-order valence-corrected chi connectivity index (χ4v) is 5.28. The van der Waals surface area contributed by atoms with Gasteiger partial charge >= 0.3 is 6.03 Å². The lowest BCUT2D eigenvalue weighted by molar-refractivity contribution is 0.102. The Morgan fingerprint density at radius 2 is 1.76 bits per heavy atom. The van der Waals surface area contributed by atoms with Crippen LogP contribution in [-0.2, 0) is 11.3 Å². The van der Waals surface area contributed by atoms with E-state index in [1.165, 1.54) is 24.8 Å². The summed E-state index contributed by atoms with van der Waals surface area (Å²) in [5.74, 6) is 0.273. The SMILES string of the molecule is CCOCCN(c1ccnc(NC(=O)c2ccc(CN3CCCCC3)cc2)c1)c1ccc2c(ccn2C(=O)NC)c1. The fourth-order valence-electron chi connectivity index (χ4n) is 5.28. The lowest BCUT2D eigenvalue weighted by atomic mass is 10.1. The molecule has 2 N–H and O–H groups in total. The normalized spacial score (nSPS) is 13.7. The van der Waals surface area contributed by atoms with E-state index in [2.05, 4.69) is 25.4 Å². The van der Waals surface area contributed by atoms with Crippen molar-refractivity contribution in [2.24, 2.45) is 0 Å². The number of hydrogen-bond donors (Lipinski definition) is 2. The number of nitrogens with zero attached hydrogens (tertiary/aromatic N) is 4. The van der Waals surface area contributed by atoms with Crippen molar-refractivity contribution in [2.45, 2.75) is 32.7 Å². The van der Waals surface area contributed by atoms with Gasteiger partial charge in [-0.3, -0.25) is 14.3 Å². The van der Waals surface area contributed by atoms with Crippen LogP contribution in [0.2, 0.25) is 0 Å². The molecule has 0 radical (unpaired) electrons. The summed E-state index contributed by atoms with van der Waals surface area (Å²) in [5.41, 5.74) is 4.45. The van der Waals surface area contributed by atoms with Crippen molar-refractivity contribution in [2.75, 3.05) is 50.1 Å². The molecule has 9 heteroatoms. The molecule has 2 amide bonds. The molecule has 41 heavy (non-hydrogen) atoms. The van der Waals surface area contributed by atoms with E-state index in [9.17, 15) is 9.59 Å². The van der Waals surface area contributed by atoms with Crippen LogP contribution < -0.4 is 15.5 Å². The van der Waals surface area contributed by atoms with Crippen LogP contribution in [0.5, 0.6) is 0 Å². The molecule has 0 aliphatic carbocycles. The third-order valence-electron chi connectivity index (χ3n) is 7.45. The number of piperidine rings is 1. The van der Waals surface area contributed by atoms with Crippen LogP contribution in [0.25, 0.3) is 10.9 Å². The lowest BCUT2D eigenvalue weighted by Crippen LogP contribution is -2.29. The Balaban J connectivity index is 1.32. The Morgan fingerprint density at radius 3 is 2.51 bits per heavy atom. The summed E-state index contributed by atoms with van der Waals surface area (Å²) in [6, 6.07) is 19.3. The standard InChI is InChI=1S/C32H38N6O3/c1-3-41-20-19-37(27-11-12-29-26(21-27)14-18-38(29)32(40)33-2)28-13-15-34-30(22-28)35-31(39)25-9-7-24(8-10-25)23-36-16-5-4-6-17-36/h7-15,18,21-22H,3-6,16-17,19-20,23H2,1-2H3,(H,33,40)(H,34,35,39). The van der Waals surface area contributed by atoms with Crippen molar-refractivity contribution in [3.63, 3.8) is 0 Å². The maximum atomic E-state index is 13.1. The maximum absolute atomic E-state index is 13.1. The number of hydrogen-bond acceptors (Lipinski definition) is 6. The number of benzene rings is 2. The first-order valence-corrected chi connectivity index (χ1v) is 14.3. The lowest BCUT2D eigenvalue weighted by Gasteiger charge is -2.26. The molecule has 3 heterocycles. The number of carbonyl (C=O) groups excluding carboxylic acids is 2. The summed E-state index contributed by atoms with van der Waals surface area (Å²) in [5, 5.41) is 6.57. The van der Waals surface area contributed by atoms with E-state index in [-0.39, 0.29) is 11.9 Å². The second kappa shape index (κ2) is 13.4. The highest BCUT2D eigenvalue weighted by Crippen LogP contribution is 2.30. The van der Waals surface area contributed by atoms with Gasteiger partial charge in [0.15, 0.2) is 0 Å². The van der Waals surface area contributed by atoms with Gasteiger partial charge in [0.2, 0.25) is 0 Å². The van der Waals surface area contributed by atoms with E-state index in [1.807, 2.05) is 67.6 Å². The van der Waals surface area contributed by atoms with Crippen LogP contribution in [0.15, 0.2) is 73.1 Å². The summed E-state index contributed by atoms with van der Waals surface area (Å²) in [4.78, 5) is 34.3. The van der Waals surface area contributed by atoms with Gasteiger partial charge in [-0.1, -0.05) is 18.6 Å². The van der Waals surface area contributed by atoms with Crippen LogP contribution in [0, 0.1) is 0 Å². The molecule has 1 aliphatic rings. The van der Waals surface area contributed by atoms with Crippen molar-refractivity contribution in [1.29, 1.82) is 0 Å². The topological polar surface area (TPSA) is 91.7 Å². The van der Waals surface area contributed by atoms with E-state index >= 15 is 0 Å². The molecule has 2 aromatic heterocycles. The van der Waals surface area contributed by atoms with Crippen molar-refractivity contribution in [3.05, 3.63) is 84.2 Å². The van der Waals surface area contributed by atoms with Gasteiger partial charge in [-0.15, -0.1) is 0 Å². The Bertz CT molecular complexity index is 1480. The van der Waals surface area contributed by atoms with Gasteiger partial charge < -0.3 is 20.3 Å². The van der Waals surface area contributed by atoms with Crippen LogP contribution >= 0.6 is 0 Å². The van der Waals surface area contributed by atoms with Gasteiger partial charge in [-0.2, -0.15) is 0 Å². The summed E-state index contributed by atoms with van der Waals surface area (Å²) in [7, 11) is 1.61. The van der Waals surface area contributed by atoms with Crippen LogP contribution in [0.4, 0.5) is 22.0 Å². The quantitative estimate of drug-likeness (QED) is 0.247. The van der Waals surface area contributed by atoms with E-state index in [0.29, 0.717) is 31.1 Å². The van der Waals surface area contributed by atoms with Crippen LogP contribution in [-0.4, -0.2) is 66.3 Å². The smallest absolute Gasteiger partial charge is 0.325 e. The molecule has 9 nitrogen and oxygen atoms in total. The molecular formula is C32H38N6O3. The number of amides is 2. The average molecular weight is 555 g/mol. The number of carbonyl (C=O) groups is 2. The minimum atomic E-state index is -0.197. The Morgan fingerprint density at radius 1 is 0.976 bits per heavy atom. The summed E-state index contributed by atoms with van der Waals surface area (Å²) in [6.45, 7) is 6.93. The number of rotatable bonds is 10. The van der Waals surface area contributed by atoms with E-state index < -0.39 is 0 Å². The number of ether oxygens (including phenoxy) is 1. The first kappa shape index (κ1) is 28.3. The van der Waals surface area contributed by atoms with E-state index in [0.717, 1.165) is 41.9 Å². The predicted octanol–water partition coefficient (Wildman–Crippen LogP) is 5.64. The number of nitrogens with one attached hydrogen (secondary N) is 2. The molecule has 0 atom stereocenters. The number of aromatic nitrogens is 2. The van der Waals surface area contributed by atoms with Gasteiger partial charge in [0, 0.05) is 67.5 Å². The highest BCUT2D eigenvalue weighted by atomic mass is 16.5. The Hall–Kier alpha value is -4.21. The third kappa shape index (κ3) is 6.93. The molecule has 4 aromatic rings. The van der Waals surface area contributed by atoms with Gasteiger partial charge in [0.25, 0.3) is 5.91 Å². The highest BCUT2D eigenvalue weighted by molar-refractivity contribution is 6.04. The summed E-state index contributed by atoms with van der Waals surface area (Å²) >= 11 is 0. The molecule has 0 saturated carbocycles. The minimum absolute atomic E-state index is 0.188. The number of anilines is 3. The number of likely N-dealkylation sites (tertiary alicyclic amines) is 1. The molecule has 1 fully saturated rings. The molecule has 5 rings (SSSR count). The zero-order chi connectivity index (χ0) is 28.6. The van der Waals surface area contributed by atoms with Crippen molar-refractivity contribution in [1.82, 2.24) is 19.8 Å². The van der Waals surface area contributed by atoms with Crippen molar-refractivity contribution in [3.8, 4) is 0 Å². The molecule has 1 aliphatic heterocycles. The van der Waals surface area contributed by atoms with Crippen LogP contribution in [0.3, 0.4) is 0 Å². The molecule has 1 saturated heterocycles. The van der Waals surface area contributed by atoms with Crippen molar-refractivity contribution < 1.29 is 14.3 Å². The second-order valence-electron chi connectivity index (χ2n) is 10.2. The predicted molar refractivity (Wildman–Crippen MR) is 163 cm³/mol. The van der Waals surface area contributed by atoms with Crippen LogP contribution in [0.1, 0.15) is 42.1 Å². The fraction of sp³-hybridized carbons (Fsp3) is 0.344. The Labute approximate surface area is 241 Å². The third-order valence-corrected chi connectivity index (χ3v) is 7.45. The van der Waals surface area contributed by atoms with Gasteiger partial charge in [-0.05, 0) is 80.9 Å². The minimum Gasteiger partial charge on any atom is -0.380 e. The number of fused-ring (bicyclic) bond motifs is 1. The molecule has 214 valence electrons. The molecule has 0 spiro atoms. The zero-order valence-electron chi connectivity index (χ0n) is 23.8. The first-order valence-electron chi connectivity index (χ1n) is 14.3. The summed E-state index contributed by atoms with van der Waals surface area (Å²) < 4.78 is 7.25. The van der Waals surface area contributed by atoms with Crippen molar-refractivity contribution >= 4 is 40.0 Å². The molecule has 2 aromatic carbocycles. The average Bonchev–Trinajstić information content (AvgIpc) is 3.43. The van der Waals surface area contributed by atoms with E-state index in [1.54, 1.807) is 24.0 Å². The molecule has 0 unspecified atom stereocenters. The first-order chi connectivity index (χ1) is 20.1. The Kier molecular flexibility index (Phi) is 9.28. The van der Waals surface area contributed by atoms with Gasteiger partial charge in [0.1, 0.15) is 5.82 Å². The molecular weight excluding hydrogens is 516 g/mol. The largest absolute Gasteiger partial charge is 0.380 e. The zero-order valence-corrected chi connectivity index (χ0v) is 23.8. The monoisotopic (exact) mass is 554 g/mol. The van der Waals surface area contributed by atoms with Gasteiger partial charge in [0.05, 0.1) is 12.1 Å². The maximum Gasteiger partial charge on any atom is 0.325 e. The highest BCUT2D eigenvalue weighted by Gasteiger charge is 2.16.